The van der Waals surface area contributed by atoms with Gasteiger partial charge in [0.25, 0.3) is 5.91 Å². The third-order valence-electron chi connectivity index (χ3n) is 5.88. The average Bonchev–Trinajstić information content (AvgIpc) is 3.34. The van der Waals surface area contributed by atoms with Crippen LogP contribution in [0.3, 0.4) is 0 Å². The van der Waals surface area contributed by atoms with Crippen LogP contribution in [0, 0.1) is 19.7 Å². The number of carbonyl (C=O) groups is 3. The van der Waals surface area contributed by atoms with Gasteiger partial charge < -0.3 is 30.9 Å². The van der Waals surface area contributed by atoms with Crippen LogP contribution in [0.5, 0.6) is 5.75 Å². The van der Waals surface area contributed by atoms with Crippen molar-refractivity contribution in [1.29, 1.82) is 0 Å². The molecule has 0 aliphatic carbocycles. The smallest absolute Gasteiger partial charge is 0.352 e. The Kier molecular flexibility index (Phi) is 5.74. The zero-order valence-electron chi connectivity index (χ0n) is 18.7. The van der Waals surface area contributed by atoms with Gasteiger partial charge in [0.15, 0.2) is 6.61 Å². The Hall–Kier alpha value is -4.34. The first-order chi connectivity index (χ1) is 16.1. The van der Waals surface area contributed by atoms with Gasteiger partial charge in [0.1, 0.15) is 17.3 Å². The molecule has 0 aliphatic heterocycles. The highest BCUT2D eigenvalue weighted by Crippen LogP contribution is 2.41. The number of H-pyrrole nitrogens is 2. The Bertz CT molecular complexity index is 1470. The number of ether oxygens (including phenoxy) is 1. The molecule has 2 heterocycles. The molecule has 0 bridgehead atoms. The maximum atomic E-state index is 14.5. The summed E-state index contributed by atoms with van der Waals surface area (Å²) in [6.45, 7) is 3.24. The monoisotopic (exact) mass is 466 g/mol. The van der Waals surface area contributed by atoms with Gasteiger partial charge in [-0.15, -0.1) is 0 Å². The predicted octanol–water partition coefficient (Wildman–Crippen LogP) is 2.85. The molecular weight excluding hydrogens is 443 g/mol. The van der Waals surface area contributed by atoms with Gasteiger partial charge in [-0.3, -0.25) is 9.59 Å². The van der Waals surface area contributed by atoms with Crippen molar-refractivity contribution >= 4 is 39.6 Å². The molecular formula is C24H23FN4O5. The number of aromatic carboxylic acids is 1. The zero-order chi connectivity index (χ0) is 24.7. The van der Waals surface area contributed by atoms with Crippen molar-refractivity contribution in [3.8, 4) is 5.75 Å². The Morgan fingerprint density at radius 3 is 2.53 bits per heavy atom. The van der Waals surface area contributed by atoms with E-state index < -0.39 is 23.6 Å². The molecule has 0 aliphatic rings. The van der Waals surface area contributed by atoms with E-state index in [4.69, 9.17) is 10.5 Å². The van der Waals surface area contributed by atoms with Gasteiger partial charge in [-0.05, 0) is 43.2 Å². The number of hydrogen-bond acceptors (Lipinski definition) is 4. The van der Waals surface area contributed by atoms with Gasteiger partial charge in [-0.1, -0.05) is 6.07 Å². The van der Waals surface area contributed by atoms with Gasteiger partial charge in [-0.2, -0.15) is 0 Å². The summed E-state index contributed by atoms with van der Waals surface area (Å²) in [4.78, 5) is 42.3. The first kappa shape index (κ1) is 22.8. The van der Waals surface area contributed by atoms with Crippen molar-refractivity contribution in [3.63, 3.8) is 0 Å². The van der Waals surface area contributed by atoms with Crippen LogP contribution in [0.2, 0.25) is 0 Å². The summed E-state index contributed by atoms with van der Waals surface area (Å²) < 4.78 is 20.0. The fourth-order valence-corrected chi connectivity index (χ4v) is 4.36. The summed E-state index contributed by atoms with van der Waals surface area (Å²) in [7, 11) is 1.48. The minimum atomic E-state index is -1.29. The molecule has 6 N–H and O–H groups in total. The number of carboxylic acid groups (broad SMARTS) is 1. The van der Waals surface area contributed by atoms with E-state index in [-0.39, 0.29) is 29.3 Å². The number of carbonyl (C=O) groups excluding carboxylic acids is 2. The average molecular weight is 466 g/mol. The summed E-state index contributed by atoms with van der Waals surface area (Å²) >= 11 is 0. The summed E-state index contributed by atoms with van der Waals surface area (Å²) in [5, 5.41) is 13.3. The highest BCUT2D eigenvalue weighted by molar-refractivity contribution is 6.05. The van der Waals surface area contributed by atoms with Crippen LogP contribution < -0.4 is 15.8 Å². The molecule has 176 valence electrons. The second kappa shape index (κ2) is 8.54. The molecule has 34 heavy (non-hydrogen) atoms. The first-order valence-corrected chi connectivity index (χ1v) is 10.4. The Morgan fingerprint density at radius 2 is 1.88 bits per heavy atom. The number of nitrogens with two attached hydrogens (primary N) is 1. The molecule has 2 aromatic carbocycles. The number of aryl methyl sites for hydroxylation is 2. The fraction of sp³-hybridized carbons (Fsp3) is 0.208. The standard InChI is InChI=1S/C24H23FN4O5/c1-10-4-7-14(25)21-17(10)18(11(2)28-21)20(23(26)31)19-13-6-5-12(34-9-16(30)27-3)8-15(13)29-22(19)24(32)33/h4-8,20,28-29H,9H2,1-3H3,(H2,26,31)(H,27,30)(H,32,33). The molecule has 0 fully saturated rings. The number of primary amides is 1. The Labute approximate surface area is 193 Å². The van der Waals surface area contributed by atoms with Crippen molar-refractivity contribution in [2.45, 2.75) is 19.8 Å². The van der Waals surface area contributed by atoms with Gasteiger partial charge >= 0.3 is 5.97 Å². The molecule has 9 nitrogen and oxygen atoms in total. The van der Waals surface area contributed by atoms with E-state index in [1.54, 1.807) is 38.1 Å². The zero-order valence-corrected chi connectivity index (χ0v) is 18.7. The van der Waals surface area contributed by atoms with E-state index in [0.29, 0.717) is 38.9 Å². The van der Waals surface area contributed by atoms with Crippen molar-refractivity contribution in [1.82, 2.24) is 15.3 Å². The Morgan fingerprint density at radius 1 is 1.15 bits per heavy atom. The molecule has 0 spiro atoms. The van der Waals surface area contributed by atoms with Crippen molar-refractivity contribution in [2.75, 3.05) is 13.7 Å². The third-order valence-corrected chi connectivity index (χ3v) is 5.88. The number of halogens is 1. The summed E-state index contributed by atoms with van der Waals surface area (Å²) in [6.07, 6.45) is 0. The van der Waals surface area contributed by atoms with Crippen LogP contribution in [0.1, 0.15) is 38.8 Å². The van der Waals surface area contributed by atoms with Crippen LogP contribution in [0.4, 0.5) is 4.39 Å². The van der Waals surface area contributed by atoms with Crippen LogP contribution in [0.15, 0.2) is 30.3 Å². The van der Waals surface area contributed by atoms with Crippen LogP contribution >= 0.6 is 0 Å². The summed E-state index contributed by atoms with van der Waals surface area (Å²) in [5.74, 6) is -3.73. The van der Waals surface area contributed by atoms with Crippen molar-refractivity contribution in [2.24, 2.45) is 5.73 Å². The molecule has 0 saturated carbocycles. The first-order valence-electron chi connectivity index (χ1n) is 10.4. The number of likely N-dealkylation sites (N-methyl/N-ethyl adjacent to an activating group) is 1. The minimum absolute atomic E-state index is 0.167. The largest absolute Gasteiger partial charge is 0.484 e. The number of benzene rings is 2. The second-order valence-electron chi connectivity index (χ2n) is 8.00. The highest BCUT2D eigenvalue weighted by Gasteiger charge is 2.33. The van der Waals surface area contributed by atoms with Crippen LogP contribution in [-0.4, -0.2) is 46.5 Å². The van der Waals surface area contributed by atoms with Crippen molar-refractivity contribution < 1.29 is 28.6 Å². The lowest BCUT2D eigenvalue weighted by Crippen LogP contribution is -2.25. The lowest BCUT2D eigenvalue weighted by molar-refractivity contribution is -0.122. The molecule has 1 atom stereocenters. The summed E-state index contributed by atoms with van der Waals surface area (Å²) in [6, 6.07) is 7.63. The SMILES string of the molecule is CNC(=O)COc1ccc2c(C(C(N)=O)c3c(C)[nH]c4c(F)ccc(C)c34)c(C(=O)O)[nH]c2c1. The molecule has 0 saturated heterocycles. The number of aromatic nitrogens is 2. The van der Waals surface area contributed by atoms with E-state index in [1.165, 1.54) is 13.1 Å². The number of carboxylic acids is 1. The van der Waals surface area contributed by atoms with Crippen molar-refractivity contribution in [3.05, 3.63) is 64.2 Å². The molecule has 4 aromatic rings. The molecule has 2 aromatic heterocycles. The summed E-state index contributed by atoms with van der Waals surface area (Å²) in [5.41, 5.74) is 8.02. The topological polar surface area (TPSA) is 150 Å². The quantitative estimate of drug-likeness (QED) is 0.284. The lowest BCUT2D eigenvalue weighted by atomic mass is 9.85. The number of hydrogen-bond donors (Lipinski definition) is 5. The Balaban J connectivity index is 1.96. The van der Waals surface area contributed by atoms with Gasteiger partial charge in [0.2, 0.25) is 5.91 Å². The maximum absolute atomic E-state index is 14.5. The lowest BCUT2D eigenvalue weighted by Gasteiger charge is -2.16. The molecule has 2 amide bonds. The number of rotatable bonds is 7. The van der Waals surface area contributed by atoms with Crippen LogP contribution in [0.25, 0.3) is 21.8 Å². The number of nitrogens with one attached hydrogen (secondary N) is 3. The second-order valence-corrected chi connectivity index (χ2v) is 8.00. The van der Waals surface area contributed by atoms with Gasteiger partial charge in [0, 0.05) is 35.1 Å². The molecule has 4 rings (SSSR count). The molecule has 10 heteroatoms. The normalized spacial score (nSPS) is 12.1. The fourth-order valence-electron chi connectivity index (χ4n) is 4.36. The highest BCUT2D eigenvalue weighted by atomic mass is 19.1. The van der Waals surface area contributed by atoms with E-state index >= 15 is 0 Å². The predicted molar refractivity (Wildman–Crippen MR) is 124 cm³/mol. The van der Waals surface area contributed by atoms with Gasteiger partial charge in [0.05, 0.1) is 17.0 Å². The number of amides is 2. The number of fused-ring (bicyclic) bond motifs is 2. The van der Waals surface area contributed by atoms with E-state index in [9.17, 15) is 23.9 Å². The minimum Gasteiger partial charge on any atom is -0.484 e. The third kappa shape index (κ3) is 3.72. The van der Waals surface area contributed by atoms with E-state index in [1.807, 2.05) is 0 Å². The van der Waals surface area contributed by atoms with Crippen LogP contribution in [-0.2, 0) is 9.59 Å². The van der Waals surface area contributed by atoms with Gasteiger partial charge in [-0.25, -0.2) is 9.18 Å². The van der Waals surface area contributed by atoms with E-state index in [2.05, 4.69) is 15.3 Å². The molecule has 1 unspecified atom stereocenters. The van der Waals surface area contributed by atoms with E-state index in [0.717, 1.165) is 0 Å². The number of aromatic amines is 2. The maximum Gasteiger partial charge on any atom is 0.352 e. The molecule has 0 radical (unpaired) electrons.